The fourth-order valence-corrected chi connectivity index (χ4v) is 2.50. The van der Waals surface area contributed by atoms with Crippen molar-refractivity contribution in [3.8, 4) is 5.75 Å². The molecule has 0 aliphatic carbocycles. The summed E-state index contributed by atoms with van der Waals surface area (Å²) in [4.78, 5) is 4.62. The van der Waals surface area contributed by atoms with E-state index in [-0.39, 0.29) is 0 Å². The summed E-state index contributed by atoms with van der Waals surface area (Å²) in [5.74, 6) is 1.38. The Morgan fingerprint density at radius 2 is 2.15 bits per heavy atom. The van der Waals surface area contributed by atoms with Gasteiger partial charge in [-0.05, 0) is 46.6 Å². The van der Waals surface area contributed by atoms with Crippen molar-refractivity contribution in [2.24, 2.45) is 5.73 Å². The molecule has 20 heavy (non-hydrogen) atoms. The highest BCUT2D eigenvalue weighted by atomic mass is 79.9. The van der Waals surface area contributed by atoms with Gasteiger partial charge in [0, 0.05) is 18.0 Å². The van der Waals surface area contributed by atoms with E-state index in [1.807, 2.05) is 31.2 Å². The van der Waals surface area contributed by atoms with E-state index in [1.54, 1.807) is 13.3 Å². The molecule has 0 bridgehead atoms. The van der Waals surface area contributed by atoms with E-state index < -0.39 is 0 Å². The number of benzene rings is 1. The van der Waals surface area contributed by atoms with Crippen molar-refractivity contribution < 1.29 is 4.74 Å². The number of hydrogen-bond acceptors (Lipinski definition) is 4. The summed E-state index contributed by atoms with van der Waals surface area (Å²) >= 11 is 8.50. The van der Waals surface area contributed by atoms with Crippen LogP contribution >= 0.6 is 28.1 Å². The molecule has 2 aromatic rings. The number of nitrogens with one attached hydrogen (secondary N) is 1. The first-order valence-electron chi connectivity index (χ1n) is 5.89. The number of nitrogens with two attached hydrogens (primary N) is 1. The minimum absolute atomic E-state index is 0.321. The molecule has 2 rings (SSSR count). The zero-order valence-corrected chi connectivity index (χ0v) is 13.5. The smallest absolute Gasteiger partial charge is 0.140 e. The third kappa shape index (κ3) is 3.08. The first kappa shape index (κ1) is 14.7. The lowest BCUT2D eigenvalue weighted by Crippen LogP contribution is -2.14. The molecule has 0 saturated carbocycles. The molecule has 0 saturated heterocycles. The number of thiocarbonyl (C=S) groups is 1. The maximum atomic E-state index is 5.77. The first-order valence-corrected chi connectivity index (χ1v) is 7.09. The van der Waals surface area contributed by atoms with Gasteiger partial charge in [-0.25, -0.2) is 4.98 Å². The number of aromatic nitrogens is 1. The topological polar surface area (TPSA) is 60.2 Å². The van der Waals surface area contributed by atoms with Gasteiger partial charge in [-0.3, -0.25) is 0 Å². The Labute approximate surface area is 131 Å². The van der Waals surface area contributed by atoms with Gasteiger partial charge in [-0.1, -0.05) is 12.2 Å². The van der Waals surface area contributed by atoms with Gasteiger partial charge >= 0.3 is 0 Å². The van der Waals surface area contributed by atoms with Crippen molar-refractivity contribution in [1.29, 1.82) is 0 Å². The Bertz CT molecular complexity index is 661. The molecule has 0 unspecified atom stereocenters. The number of pyridine rings is 1. The molecule has 0 aliphatic heterocycles. The minimum atomic E-state index is 0.321. The van der Waals surface area contributed by atoms with E-state index >= 15 is 0 Å². The second-order valence-electron chi connectivity index (χ2n) is 4.19. The number of methoxy groups -OCH3 is 1. The van der Waals surface area contributed by atoms with Crippen LogP contribution in [0.3, 0.4) is 0 Å². The van der Waals surface area contributed by atoms with Crippen LogP contribution in [-0.4, -0.2) is 17.1 Å². The zero-order chi connectivity index (χ0) is 14.7. The van der Waals surface area contributed by atoms with Crippen molar-refractivity contribution in [1.82, 2.24) is 4.98 Å². The Kier molecular flexibility index (Phi) is 4.57. The Balaban J connectivity index is 2.40. The summed E-state index contributed by atoms with van der Waals surface area (Å²) in [5, 5.41) is 3.22. The van der Waals surface area contributed by atoms with Crippen LogP contribution in [0.4, 0.5) is 11.5 Å². The molecule has 0 spiro atoms. The van der Waals surface area contributed by atoms with E-state index in [9.17, 15) is 0 Å². The highest BCUT2D eigenvalue weighted by Gasteiger charge is 2.11. The van der Waals surface area contributed by atoms with Crippen LogP contribution in [0.1, 0.15) is 11.1 Å². The van der Waals surface area contributed by atoms with Gasteiger partial charge < -0.3 is 15.8 Å². The molecule has 6 heteroatoms. The van der Waals surface area contributed by atoms with E-state index in [2.05, 4.69) is 26.2 Å². The van der Waals surface area contributed by atoms with Gasteiger partial charge in [0.05, 0.1) is 17.1 Å². The molecule has 0 aliphatic rings. The van der Waals surface area contributed by atoms with Crippen molar-refractivity contribution in [3.05, 3.63) is 46.1 Å². The summed E-state index contributed by atoms with van der Waals surface area (Å²) in [6.07, 6.45) is 1.72. The van der Waals surface area contributed by atoms with E-state index in [4.69, 9.17) is 22.7 Å². The fraction of sp³-hybridized carbons (Fsp3) is 0.143. The summed E-state index contributed by atoms with van der Waals surface area (Å²) in [6.45, 7) is 1.95. The quantitative estimate of drug-likeness (QED) is 0.825. The van der Waals surface area contributed by atoms with Crippen LogP contribution in [0.5, 0.6) is 5.75 Å². The third-order valence-electron chi connectivity index (χ3n) is 2.82. The molecule has 0 radical (unpaired) electrons. The summed E-state index contributed by atoms with van der Waals surface area (Å²) in [7, 11) is 1.62. The van der Waals surface area contributed by atoms with Crippen LogP contribution in [-0.2, 0) is 0 Å². The molecule has 0 fully saturated rings. The summed E-state index contributed by atoms with van der Waals surface area (Å²) < 4.78 is 6.15. The van der Waals surface area contributed by atoms with Crippen molar-refractivity contribution in [2.75, 3.05) is 12.4 Å². The lowest BCUT2D eigenvalue weighted by molar-refractivity contribution is 0.412. The second kappa shape index (κ2) is 6.19. The third-order valence-corrected chi connectivity index (χ3v) is 3.68. The van der Waals surface area contributed by atoms with Gasteiger partial charge in [0.1, 0.15) is 16.6 Å². The Hall–Kier alpha value is -1.66. The molecule has 104 valence electrons. The maximum Gasteiger partial charge on any atom is 0.140 e. The first-order chi connectivity index (χ1) is 9.52. The highest BCUT2D eigenvalue weighted by molar-refractivity contribution is 9.10. The van der Waals surface area contributed by atoms with E-state index in [0.717, 1.165) is 27.0 Å². The predicted octanol–water partition coefficient (Wildman–Crippen LogP) is 3.54. The number of aryl methyl sites for hydroxylation is 1. The molecule has 1 aromatic heterocycles. The van der Waals surface area contributed by atoms with Gasteiger partial charge in [-0.15, -0.1) is 0 Å². The van der Waals surface area contributed by atoms with Crippen LogP contribution in [0, 0.1) is 6.92 Å². The number of anilines is 2. The standard InChI is InChI=1S/C14H14BrN3OS/c1-8-5-6-17-14(12(8)13(16)20)18-9-3-4-10(15)11(7-9)19-2/h3-7H,1-2H3,(H2,16,20)(H,17,18). The Morgan fingerprint density at radius 1 is 1.40 bits per heavy atom. The van der Waals surface area contributed by atoms with Crippen LogP contribution in [0.25, 0.3) is 0 Å². The van der Waals surface area contributed by atoms with Crippen molar-refractivity contribution in [2.45, 2.75) is 6.92 Å². The summed E-state index contributed by atoms with van der Waals surface area (Å²) in [6, 6.07) is 7.57. The average Bonchev–Trinajstić information content (AvgIpc) is 2.40. The molecular formula is C14H14BrN3OS. The van der Waals surface area contributed by atoms with Crippen molar-refractivity contribution >= 4 is 44.6 Å². The van der Waals surface area contributed by atoms with Gasteiger partial charge in [0.25, 0.3) is 0 Å². The number of ether oxygens (including phenoxy) is 1. The molecule has 0 amide bonds. The van der Waals surface area contributed by atoms with E-state index in [1.165, 1.54) is 0 Å². The summed E-state index contributed by atoms with van der Waals surface area (Å²) in [5.41, 5.74) is 8.36. The number of hydrogen-bond donors (Lipinski definition) is 2. The number of halogens is 1. The molecular weight excluding hydrogens is 338 g/mol. The minimum Gasteiger partial charge on any atom is -0.495 e. The lowest BCUT2D eigenvalue weighted by atomic mass is 10.1. The van der Waals surface area contributed by atoms with Gasteiger partial charge in [-0.2, -0.15) is 0 Å². The van der Waals surface area contributed by atoms with E-state index in [0.29, 0.717) is 10.8 Å². The molecule has 1 heterocycles. The fourth-order valence-electron chi connectivity index (χ4n) is 1.84. The average molecular weight is 352 g/mol. The molecule has 1 aromatic carbocycles. The lowest BCUT2D eigenvalue weighted by Gasteiger charge is -2.13. The molecule has 4 nitrogen and oxygen atoms in total. The van der Waals surface area contributed by atoms with Gasteiger partial charge in [0.15, 0.2) is 0 Å². The molecule has 3 N–H and O–H groups in total. The highest BCUT2D eigenvalue weighted by Crippen LogP contribution is 2.30. The van der Waals surface area contributed by atoms with Gasteiger partial charge in [0.2, 0.25) is 0 Å². The number of nitrogens with zero attached hydrogens (tertiary/aromatic N) is 1. The Morgan fingerprint density at radius 3 is 2.80 bits per heavy atom. The molecule has 0 atom stereocenters. The van der Waals surface area contributed by atoms with Crippen LogP contribution in [0.2, 0.25) is 0 Å². The predicted molar refractivity (Wildman–Crippen MR) is 88.8 cm³/mol. The number of rotatable bonds is 4. The van der Waals surface area contributed by atoms with Crippen molar-refractivity contribution in [3.63, 3.8) is 0 Å². The zero-order valence-electron chi connectivity index (χ0n) is 11.1. The monoisotopic (exact) mass is 351 g/mol. The normalized spacial score (nSPS) is 10.2. The van der Waals surface area contributed by atoms with Crippen LogP contribution < -0.4 is 15.8 Å². The van der Waals surface area contributed by atoms with Crippen LogP contribution in [0.15, 0.2) is 34.9 Å². The largest absolute Gasteiger partial charge is 0.495 e. The second-order valence-corrected chi connectivity index (χ2v) is 5.48. The SMILES string of the molecule is COc1cc(Nc2nccc(C)c2C(N)=S)ccc1Br. The maximum absolute atomic E-state index is 5.77.